The Hall–Kier alpha value is -3.16. The predicted molar refractivity (Wildman–Crippen MR) is 95.1 cm³/mol. The molecular weight excluding hydrogens is 332 g/mol. The summed E-state index contributed by atoms with van der Waals surface area (Å²) in [6.45, 7) is 0.912. The summed E-state index contributed by atoms with van der Waals surface area (Å²) >= 11 is 0. The smallest absolute Gasteiger partial charge is 0.269 e. The molecule has 1 aliphatic rings. The Balaban J connectivity index is 1.57. The van der Waals surface area contributed by atoms with E-state index in [1.165, 1.54) is 0 Å². The molecule has 8 heteroatoms. The molecule has 1 unspecified atom stereocenters. The molecule has 2 amide bonds. The molecule has 0 aliphatic carbocycles. The molecule has 0 saturated carbocycles. The molecule has 1 fully saturated rings. The van der Waals surface area contributed by atoms with Gasteiger partial charge in [-0.25, -0.2) is 4.98 Å². The number of amides is 2. The van der Waals surface area contributed by atoms with E-state index in [0.29, 0.717) is 6.54 Å². The molecule has 8 nitrogen and oxygen atoms in total. The number of hydrogen-bond acceptors (Lipinski definition) is 4. The number of aromatic amines is 1. The van der Waals surface area contributed by atoms with Gasteiger partial charge in [0.15, 0.2) is 0 Å². The normalized spacial score (nSPS) is 17.5. The number of likely N-dealkylation sites (tertiary alicyclic amines) is 1. The molecule has 3 aromatic rings. The van der Waals surface area contributed by atoms with Crippen LogP contribution in [0.5, 0.6) is 0 Å². The molecule has 1 aliphatic heterocycles. The van der Waals surface area contributed by atoms with E-state index < -0.39 is 5.91 Å². The molecule has 2 aromatic heterocycles. The number of nitrogens with one attached hydrogen (secondary N) is 1. The number of carbonyl (C=O) groups is 2. The second-order valence-electron chi connectivity index (χ2n) is 6.53. The average molecular weight is 352 g/mol. The van der Waals surface area contributed by atoms with Crippen LogP contribution in [0.25, 0.3) is 11.0 Å². The maximum Gasteiger partial charge on any atom is 0.269 e. The number of primary amides is 1. The summed E-state index contributed by atoms with van der Waals surface area (Å²) in [5.41, 5.74) is 8.03. The number of aromatic nitrogens is 4. The third-order valence-electron chi connectivity index (χ3n) is 4.87. The maximum absolute atomic E-state index is 13.0. The van der Waals surface area contributed by atoms with Gasteiger partial charge in [-0.05, 0) is 37.5 Å². The maximum atomic E-state index is 13.0. The molecule has 4 rings (SSSR count). The van der Waals surface area contributed by atoms with Gasteiger partial charge in [0.25, 0.3) is 5.91 Å². The zero-order valence-electron chi connectivity index (χ0n) is 14.3. The highest BCUT2D eigenvalue weighted by Gasteiger charge is 2.30. The first kappa shape index (κ1) is 16.3. The van der Waals surface area contributed by atoms with E-state index in [4.69, 9.17) is 5.73 Å². The van der Waals surface area contributed by atoms with Crippen molar-refractivity contribution in [1.29, 1.82) is 0 Å². The van der Waals surface area contributed by atoms with E-state index in [2.05, 4.69) is 15.2 Å². The Morgan fingerprint density at radius 2 is 2.12 bits per heavy atom. The Kier molecular flexibility index (Phi) is 4.16. The lowest BCUT2D eigenvalue weighted by molar-refractivity contribution is -0.135. The van der Waals surface area contributed by atoms with Crippen molar-refractivity contribution in [2.75, 3.05) is 6.54 Å². The van der Waals surface area contributed by atoms with E-state index >= 15 is 0 Å². The third kappa shape index (κ3) is 2.94. The summed E-state index contributed by atoms with van der Waals surface area (Å²) in [4.78, 5) is 30.5. The SMILES string of the molecule is NC(=O)c1cc(C2CCCCN2C(=O)Cn2cnc3ccccc32)[nH]n1. The van der Waals surface area contributed by atoms with Crippen LogP contribution in [-0.2, 0) is 11.3 Å². The summed E-state index contributed by atoms with van der Waals surface area (Å²) in [6, 6.07) is 9.27. The second-order valence-corrected chi connectivity index (χ2v) is 6.53. The highest BCUT2D eigenvalue weighted by molar-refractivity contribution is 5.90. The van der Waals surface area contributed by atoms with Crippen molar-refractivity contribution in [2.24, 2.45) is 5.73 Å². The van der Waals surface area contributed by atoms with Gasteiger partial charge < -0.3 is 15.2 Å². The van der Waals surface area contributed by atoms with Crippen LogP contribution in [0.4, 0.5) is 0 Å². The van der Waals surface area contributed by atoms with E-state index in [-0.39, 0.29) is 24.2 Å². The molecule has 1 atom stereocenters. The number of carbonyl (C=O) groups excluding carboxylic acids is 2. The van der Waals surface area contributed by atoms with Crippen molar-refractivity contribution in [1.82, 2.24) is 24.6 Å². The minimum absolute atomic E-state index is 0.0214. The van der Waals surface area contributed by atoms with Gasteiger partial charge in [-0.1, -0.05) is 12.1 Å². The number of H-pyrrole nitrogens is 1. The fourth-order valence-electron chi connectivity index (χ4n) is 3.56. The minimum Gasteiger partial charge on any atom is -0.364 e. The molecular formula is C18H20N6O2. The van der Waals surface area contributed by atoms with E-state index in [9.17, 15) is 9.59 Å². The van der Waals surface area contributed by atoms with Crippen molar-refractivity contribution >= 4 is 22.8 Å². The standard InChI is InChI=1S/C18H20N6O2/c19-18(26)14-9-13(21-22-14)16-7-3-4-8-24(16)17(25)10-23-11-20-12-5-1-2-6-15(12)23/h1-2,5-6,9,11,16H,3-4,7-8,10H2,(H2,19,26)(H,21,22). The second kappa shape index (κ2) is 6.62. The van der Waals surface area contributed by atoms with Crippen LogP contribution in [0.3, 0.4) is 0 Å². The van der Waals surface area contributed by atoms with Gasteiger partial charge >= 0.3 is 0 Å². The first-order chi connectivity index (χ1) is 12.6. The van der Waals surface area contributed by atoms with E-state index in [0.717, 1.165) is 36.0 Å². The summed E-state index contributed by atoms with van der Waals surface area (Å²) in [5.74, 6) is -0.556. The summed E-state index contributed by atoms with van der Waals surface area (Å²) in [7, 11) is 0. The van der Waals surface area contributed by atoms with Crippen LogP contribution in [0.1, 0.15) is 41.5 Å². The van der Waals surface area contributed by atoms with Gasteiger partial charge in [0.1, 0.15) is 12.2 Å². The zero-order valence-corrected chi connectivity index (χ0v) is 14.3. The van der Waals surface area contributed by atoms with Crippen LogP contribution in [0, 0.1) is 0 Å². The number of hydrogen-bond donors (Lipinski definition) is 2. The number of rotatable bonds is 4. The van der Waals surface area contributed by atoms with E-state index in [1.54, 1.807) is 12.4 Å². The number of nitrogens with two attached hydrogens (primary N) is 1. The van der Waals surface area contributed by atoms with Crippen LogP contribution in [0.15, 0.2) is 36.7 Å². The Bertz CT molecular complexity index is 959. The third-order valence-corrected chi connectivity index (χ3v) is 4.87. The van der Waals surface area contributed by atoms with Gasteiger partial charge in [-0.3, -0.25) is 14.7 Å². The fraction of sp³-hybridized carbons (Fsp3) is 0.333. The molecule has 134 valence electrons. The Morgan fingerprint density at radius 3 is 2.92 bits per heavy atom. The highest BCUT2D eigenvalue weighted by Crippen LogP contribution is 2.30. The topological polar surface area (TPSA) is 110 Å². The summed E-state index contributed by atoms with van der Waals surface area (Å²) in [5, 5.41) is 6.81. The Morgan fingerprint density at radius 1 is 1.27 bits per heavy atom. The van der Waals surface area contributed by atoms with Gasteiger partial charge in [0, 0.05) is 6.54 Å². The molecule has 1 saturated heterocycles. The van der Waals surface area contributed by atoms with Crippen LogP contribution in [0.2, 0.25) is 0 Å². The quantitative estimate of drug-likeness (QED) is 0.743. The molecule has 0 bridgehead atoms. The minimum atomic E-state index is -0.578. The number of para-hydroxylation sites is 2. The number of imidazole rings is 1. The lowest BCUT2D eigenvalue weighted by Gasteiger charge is -2.35. The molecule has 0 spiro atoms. The molecule has 0 radical (unpaired) electrons. The number of benzene rings is 1. The highest BCUT2D eigenvalue weighted by atomic mass is 16.2. The molecule has 1 aromatic carbocycles. The summed E-state index contributed by atoms with van der Waals surface area (Å²) < 4.78 is 1.87. The zero-order chi connectivity index (χ0) is 18.1. The van der Waals surface area contributed by atoms with Gasteiger partial charge in [0.05, 0.1) is 29.1 Å². The van der Waals surface area contributed by atoms with Gasteiger partial charge in [-0.15, -0.1) is 0 Å². The number of piperidine rings is 1. The van der Waals surface area contributed by atoms with Crippen LogP contribution < -0.4 is 5.73 Å². The van der Waals surface area contributed by atoms with Crippen LogP contribution >= 0.6 is 0 Å². The van der Waals surface area contributed by atoms with Crippen molar-refractivity contribution in [3.63, 3.8) is 0 Å². The monoisotopic (exact) mass is 352 g/mol. The number of fused-ring (bicyclic) bond motifs is 1. The van der Waals surface area contributed by atoms with E-state index in [1.807, 2.05) is 33.7 Å². The molecule has 3 heterocycles. The first-order valence-corrected chi connectivity index (χ1v) is 8.68. The van der Waals surface area contributed by atoms with Crippen molar-refractivity contribution in [3.8, 4) is 0 Å². The van der Waals surface area contributed by atoms with Crippen molar-refractivity contribution in [2.45, 2.75) is 31.8 Å². The lowest BCUT2D eigenvalue weighted by Crippen LogP contribution is -2.40. The summed E-state index contributed by atoms with van der Waals surface area (Å²) in [6.07, 6.45) is 4.51. The predicted octanol–water partition coefficient (Wildman–Crippen LogP) is 1.61. The fourth-order valence-corrected chi connectivity index (χ4v) is 3.56. The van der Waals surface area contributed by atoms with Crippen molar-refractivity contribution < 1.29 is 9.59 Å². The van der Waals surface area contributed by atoms with Crippen LogP contribution in [-0.4, -0.2) is 43.0 Å². The Labute approximate surface area is 150 Å². The molecule has 26 heavy (non-hydrogen) atoms. The van der Waals surface area contributed by atoms with Gasteiger partial charge in [-0.2, -0.15) is 5.10 Å². The average Bonchev–Trinajstić information content (AvgIpc) is 3.30. The van der Waals surface area contributed by atoms with Crippen molar-refractivity contribution in [3.05, 3.63) is 48.0 Å². The number of nitrogens with zero attached hydrogens (tertiary/aromatic N) is 4. The molecule has 3 N–H and O–H groups in total. The van der Waals surface area contributed by atoms with Gasteiger partial charge in [0.2, 0.25) is 5.91 Å². The largest absolute Gasteiger partial charge is 0.364 e. The lowest BCUT2D eigenvalue weighted by atomic mass is 9.99. The first-order valence-electron chi connectivity index (χ1n) is 8.68.